The summed E-state index contributed by atoms with van der Waals surface area (Å²) in [6.45, 7) is 0.484. The van der Waals surface area contributed by atoms with Crippen molar-refractivity contribution in [1.82, 2.24) is 0 Å². The second kappa shape index (κ2) is 6.22. The minimum Gasteiger partial charge on any atom is -0.370 e. The molecule has 0 aliphatic heterocycles. The Kier molecular flexibility index (Phi) is 4.14. The molecular weight excluding hydrogens is 236 g/mol. The van der Waals surface area contributed by atoms with E-state index in [0.29, 0.717) is 18.1 Å². The van der Waals surface area contributed by atoms with Crippen LogP contribution in [0, 0.1) is 11.3 Å². The van der Waals surface area contributed by atoms with Crippen LogP contribution in [0.2, 0.25) is 0 Å². The second-order valence-electron chi connectivity index (χ2n) is 4.00. The van der Waals surface area contributed by atoms with Crippen molar-refractivity contribution >= 4 is 11.6 Å². The standard InChI is InChI=1S/C15H14N4/c16-10-12-6-8-13(9-7-12)11-18-15(17)19-14-4-2-1-3-5-14/h1-9H,11H2,(H3,17,18,19). The molecule has 0 unspecified atom stereocenters. The van der Waals surface area contributed by atoms with Crippen molar-refractivity contribution in [3.05, 3.63) is 65.7 Å². The number of nitriles is 1. The lowest BCUT2D eigenvalue weighted by molar-refractivity contribution is 1.06. The van der Waals surface area contributed by atoms with E-state index in [2.05, 4.69) is 16.4 Å². The third-order valence-electron chi connectivity index (χ3n) is 2.56. The fraction of sp³-hybridized carbons (Fsp3) is 0.0667. The van der Waals surface area contributed by atoms with Gasteiger partial charge in [0, 0.05) is 5.69 Å². The average molecular weight is 250 g/mol. The number of hydrogen-bond donors (Lipinski definition) is 2. The number of benzene rings is 2. The first-order valence-corrected chi connectivity index (χ1v) is 5.89. The van der Waals surface area contributed by atoms with Crippen LogP contribution in [0.25, 0.3) is 0 Å². The van der Waals surface area contributed by atoms with E-state index in [1.165, 1.54) is 0 Å². The van der Waals surface area contributed by atoms with E-state index in [1.807, 2.05) is 42.5 Å². The van der Waals surface area contributed by atoms with Crippen LogP contribution in [-0.2, 0) is 6.54 Å². The van der Waals surface area contributed by atoms with Gasteiger partial charge in [-0.1, -0.05) is 30.3 Å². The molecule has 19 heavy (non-hydrogen) atoms. The smallest absolute Gasteiger partial charge is 0.193 e. The largest absolute Gasteiger partial charge is 0.370 e. The molecule has 2 aromatic rings. The molecule has 2 rings (SSSR count). The molecule has 4 heteroatoms. The van der Waals surface area contributed by atoms with Gasteiger partial charge in [-0.2, -0.15) is 5.26 Å². The zero-order valence-corrected chi connectivity index (χ0v) is 10.4. The van der Waals surface area contributed by atoms with Crippen LogP contribution in [0.3, 0.4) is 0 Å². The van der Waals surface area contributed by atoms with E-state index in [0.717, 1.165) is 11.3 Å². The lowest BCUT2D eigenvalue weighted by Crippen LogP contribution is -2.22. The van der Waals surface area contributed by atoms with Gasteiger partial charge in [0.2, 0.25) is 0 Å². The van der Waals surface area contributed by atoms with Crippen molar-refractivity contribution in [2.45, 2.75) is 6.54 Å². The van der Waals surface area contributed by atoms with Crippen LogP contribution in [0.4, 0.5) is 5.69 Å². The van der Waals surface area contributed by atoms with Gasteiger partial charge in [-0.25, -0.2) is 4.99 Å². The maximum absolute atomic E-state index is 8.70. The van der Waals surface area contributed by atoms with Crippen molar-refractivity contribution in [2.75, 3.05) is 5.32 Å². The molecule has 3 N–H and O–H groups in total. The van der Waals surface area contributed by atoms with Gasteiger partial charge in [0.1, 0.15) is 0 Å². The topological polar surface area (TPSA) is 74.2 Å². The van der Waals surface area contributed by atoms with E-state index < -0.39 is 0 Å². The number of hydrogen-bond acceptors (Lipinski definition) is 2. The van der Waals surface area contributed by atoms with E-state index in [-0.39, 0.29) is 0 Å². The first-order valence-electron chi connectivity index (χ1n) is 5.89. The number of anilines is 1. The number of nitrogens with one attached hydrogen (secondary N) is 1. The van der Waals surface area contributed by atoms with Gasteiger partial charge in [-0.15, -0.1) is 0 Å². The van der Waals surface area contributed by atoms with Crippen LogP contribution >= 0.6 is 0 Å². The molecule has 4 nitrogen and oxygen atoms in total. The lowest BCUT2D eigenvalue weighted by Gasteiger charge is -2.05. The number of rotatable bonds is 3. The first-order chi connectivity index (χ1) is 9.28. The van der Waals surface area contributed by atoms with Crippen LogP contribution in [0.15, 0.2) is 59.6 Å². The van der Waals surface area contributed by atoms with Gasteiger partial charge in [0.15, 0.2) is 5.96 Å². The highest BCUT2D eigenvalue weighted by Crippen LogP contribution is 2.06. The Morgan fingerprint density at radius 1 is 1.11 bits per heavy atom. The molecule has 0 spiro atoms. The molecule has 0 aliphatic rings. The summed E-state index contributed by atoms with van der Waals surface area (Å²) < 4.78 is 0. The molecule has 2 aromatic carbocycles. The van der Waals surface area contributed by atoms with Crippen molar-refractivity contribution < 1.29 is 0 Å². The monoisotopic (exact) mass is 250 g/mol. The van der Waals surface area contributed by atoms with Crippen LogP contribution < -0.4 is 11.1 Å². The lowest BCUT2D eigenvalue weighted by atomic mass is 10.1. The molecule has 0 bridgehead atoms. The molecule has 0 fully saturated rings. The van der Waals surface area contributed by atoms with Crippen LogP contribution in [0.1, 0.15) is 11.1 Å². The predicted molar refractivity (Wildman–Crippen MR) is 76.5 cm³/mol. The van der Waals surface area contributed by atoms with E-state index in [9.17, 15) is 0 Å². The van der Waals surface area contributed by atoms with Crippen LogP contribution in [0.5, 0.6) is 0 Å². The van der Waals surface area contributed by atoms with Gasteiger partial charge >= 0.3 is 0 Å². The normalized spacial score (nSPS) is 10.8. The van der Waals surface area contributed by atoms with Crippen molar-refractivity contribution in [2.24, 2.45) is 10.7 Å². The average Bonchev–Trinajstić information content (AvgIpc) is 2.47. The molecule has 0 atom stereocenters. The molecular formula is C15H14N4. The summed E-state index contributed by atoms with van der Waals surface area (Å²) in [4.78, 5) is 4.25. The van der Waals surface area contributed by atoms with E-state index >= 15 is 0 Å². The fourth-order valence-corrected chi connectivity index (χ4v) is 1.57. The van der Waals surface area contributed by atoms with Crippen molar-refractivity contribution in [1.29, 1.82) is 5.26 Å². The van der Waals surface area contributed by atoms with E-state index in [1.54, 1.807) is 12.1 Å². The van der Waals surface area contributed by atoms with Gasteiger partial charge in [-0.05, 0) is 29.8 Å². The highest BCUT2D eigenvalue weighted by molar-refractivity contribution is 5.92. The molecule has 0 amide bonds. The first kappa shape index (κ1) is 12.7. The third kappa shape index (κ3) is 3.86. The summed E-state index contributed by atoms with van der Waals surface area (Å²) in [7, 11) is 0. The maximum atomic E-state index is 8.70. The quantitative estimate of drug-likeness (QED) is 0.649. The number of para-hydroxylation sites is 1. The number of guanidine groups is 1. The van der Waals surface area contributed by atoms with Gasteiger partial charge < -0.3 is 11.1 Å². The molecule has 0 radical (unpaired) electrons. The Hall–Kier alpha value is -2.80. The molecule has 0 saturated carbocycles. The Bertz CT molecular complexity index is 594. The zero-order valence-electron chi connectivity index (χ0n) is 10.4. The Morgan fingerprint density at radius 2 is 1.79 bits per heavy atom. The Morgan fingerprint density at radius 3 is 2.42 bits per heavy atom. The number of nitrogens with two attached hydrogens (primary N) is 1. The maximum Gasteiger partial charge on any atom is 0.193 e. The minimum absolute atomic E-state index is 0.371. The van der Waals surface area contributed by atoms with Crippen LogP contribution in [-0.4, -0.2) is 5.96 Å². The van der Waals surface area contributed by atoms with Gasteiger partial charge in [-0.3, -0.25) is 0 Å². The van der Waals surface area contributed by atoms with E-state index in [4.69, 9.17) is 11.0 Å². The van der Waals surface area contributed by atoms with Gasteiger partial charge in [0.05, 0.1) is 18.2 Å². The SMILES string of the molecule is N#Cc1ccc(CN=C(N)Nc2ccccc2)cc1. The molecule has 94 valence electrons. The highest BCUT2D eigenvalue weighted by atomic mass is 15.1. The molecule has 0 aliphatic carbocycles. The summed E-state index contributed by atoms with van der Waals surface area (Å²) in [6.07, 6.45) is 0. The predicted octanol–water partition coefficient (Wildman–Crippen LogP) is 2.49. The fourth-order valence-electron chi connectivity index (χ4n) is 1.57. The van der Waals surface area contributed by atoms with Gasteiger partial charge in [0.25, 0.3) is 0 Å². The summed E-state index contributed by atoms with van der Waals surface area (Å²) in [5.74, 6) is 0.371. The summed E-state index contributed by atoms with van der Waals surface area (Å²) in [5.41, 5.74) is 8.35. The molecule has 0 aromatic heterocycles. The van der Waals surface area contributed by atoms with Crippen molar-refractivity contribution in [3.63, 3.8) is 0 Å². The summed E-state index contributed by atoms with van der Waals surface area (Å²) in [5, 5.41) is 11.7. The van der Waals surface area contributed by atoms with Crippen molar-refractivity contribution in [3.8, 4) is 6.07 Å². The summed E-state index contributed by atoms with van der Waals surface area (Å²) in [6, 6.07) is 19.0. The number of aliphatic imine (C=N–C) groups is 1. The third-order valence-corrected chi connectivity index (χ3v) is 2.56. The minimum atomic E-state index is 0.371. The molecule has 0 saturated heterocycles. The molecule has 0 heterocycles. The zero-order chi connectivity index (χ0) is 13.5. The number of nitrogens with zero attached hydrogens (tertiary/aromatic N) is 2. The highest BCUT2D eigenvalue weighted by Gasteiger charge is 1.95. The Balaban J connectivity index is 1.96. The summed E-state index contributed by atoms with van der Waals surface area (Å²) >= 11 is 0. The Labute approximate surface area is 112 Å². The second-order valence-corrected chi connectivity index (χ2v) is 4.00.